The van der Waals surface area contributed by atoms with Crippen molar-refractivity contribution in [2.75, 3.05) is 6.54 Å². The van der Waals surface area contributed by atoms with Gasteiger partial charge in [0, 0.05) is 18.5 Å². The molecule has 0 saturated heterocycles. The lowest BCUT2D eigenvalue weighted by atomic mass is 10.2. The van der Waals surface area contributed by atoms with Gasteiger partial charge in [-0.3, -0.25) is 14.5 Å². The van der Waals surface area contributed by atoms with E-state index in [1.807, 2.05) is 13.0 Å². The third-order valence-corrected chi connectivity index (χ3v) is 2.32. The topological polar surface area (TPSA) is 37.4 Å². The quantitative estimate of drug-likeness (QED) is 0.780. The highest BCUT2D eigenvalue weighted by Crippen LogP contribution is 2.07. The van der Waals surface area contributed by atoms with Crippen molar-refractivity contribution in [3.63, 3.8) is 0 Å². The van der Waals surface area contributed by atoms with Crippen LogP contribution in [0.3, 0.4) is 0 Å². The van der Waals surface area contributed by atoms with Crippen LogP contribution in [-0.2, 0) is 4.79 Å². The van der Waals surface area contributed by atoms with Crippen LogP contribution in [0.25, 0.3) is 0 Å². The zero-order valence-electron chi connectivity index (χ0n) is 9.77. The van der Waals surface area contributed by atoms with Crippen molar-refractivity contribution in [3.05, 3.63) is 35.9 Å². The maximum atomic E-state index is 12.0. The molecule has 1 rings (SSSR count). The average Bonchev–Trinajstić information content (AvgIpc) is 2.35. The highest BCUT2D eigenvalue weighted by molar-refractivity contribution is 6.04. The van der Waals surface area contributed by atoms with Gasteiger partial charge in [-0.2, -0.15) is 0 Å². The van der Waals surface area contributed by atoms with E-state index < -0.39 is 0 Å². The summed E-state index contributed by atoms with van der Waals surface area (Å²) in [5.41, 5.74) is 0.567. The molecule has 0 radical (unpaired) electrons. The summed E-state index contributed by atoms with van der Waals surface area (Å²) in [5, 5.41) is 0. The van der Waals surface area contributed by atoms with E-state index in [0.29, 0.717) is 18.5 Å². The maximum absolute atomic E-state index is 12.0. The van der Waals surface area contributed by atoms with Crippen LogP contribution < -0.4 is 0 Å². The predicted molar refractivity (Wildman–Crippen MR) is 63.1 cm³/mol. The first-order chi connectivity index (χ1) is 7.70. The van der Waals surface area contributed by atoms with Crippen LogP contribution in [-0.4, -0.2) is 23.3 Å². The summed E-state index contributed by atoms with van der Waals surface area (Å²) in [7, 11) is 0. The molecule has 0 N–H and O–H groups in total. The van der Waals surface area contributed by atoms with Gasteiger partial charge in [0.15, 0.2) is 0 Å². The smallest absolute Gasteiger partial charge is 0.260 e. The fourth-order valence-corrected chi connectivity index (χ4v) is 1.49. The van der Waals surface area contributed by atoms with Crippen LogP contribution in [0.4, 0.5) is 0 Å². The van der Waals surface area contributed by atoms with Crippen LogP contribution in [0.1, 0.15) is 37.0 Å². The number of rotatable bonds is 4. The number of benzene rings is 1. The fraction of sp³-hybridized carbons (Fsp3) is 0.385. The zero-order chi connectivity index (χ0) is 12.0. The van der Waals surface area contributed by atoms with Gasteiger partial charge in [0.1, 0.15) is 0 Å². The van der Waals surface area contributed by atoms with Gasteiger partial charge in [0.2, 0.25) is 5.91 Å². The molecule has 0 fully saturated rings. The second-order valence-corrected chi connectivity index (χ2v) is 3.57. The third kappa shape index (κ3) is 2.92. The normalized spacial score (nSPS) is 9.88. The van der Waals surface area contributed by atoms with Crippen molar-refractivity contribution < 1.29 is 9.59 Å². The molecular weight excluding hydrogens is 202 g/mol. The number of hydrogen-bond donors (Lipinski definition) is 0. The van der Waals surface area contributed by atoms with E-state index in [1.165, 1.54) is 4.90 Å². The highest BCUT2D eigenvalue weighted by Gasteiger charge is 2.19. The number of imide groups is 1. The molecule has 2 amide bonds. The fourth-order valence-electron chi connectivity index (χ4n) is 1.49. The molecule has 0 atom stereocenters. The van der Waals surface area contributed by atoms with Crippen molar-refractivity contribution >= 4 is 11.8 Å². The van der Waals surface area contributed by atoms with E-state index in [0.717, 1.165) is 6.42 Å². The van der Waals surface area contributed by atoms with Gasteiger partial charge in [-0.25, -0.2) is 0 Å². The van der Waals surface area contributed by atoms with Crippen LogP contribution >= 0.6 is 0 Å². The van der Waals surface area contributed by atoms with Gasteiger partial charge in [-0.05, 0) is 18.6 Å². The molecule has 0 aliphatic carbocycles. The summed E-state index contributed by atoms with van der Waals surface area (Å²) in [6.45, 7) is 4.21. The average molecular weight is 219 g/mol. The summed E-state index contributed by atoms with van der Waals surface area (Å²) in [5.74, 6) is -0.315. The molecule has 1 aromatic carbocycles. The van der Waals surface area contributed by atoms with Crippen LogP contribution in [0.15, 0.2) is 30.3 Å². The predicted octanol–water partition coefficient (Wildman–Crippen LogP) is 2.48. The molecule has 3 heteroatoms. The Morgan fingerprint density at radius 3 is 2.25 bits per heavy atom. The maximum Gasteiger partial charge on any atom is 0.260 e. The molecule has 16 heavy (non-hydrogen) atoms. The summed E-state index contributed by atoms with van der Waals surface area (Å²) in [6.07, 6.45) is 1.14. The molecule has 86 valence electrons. The van der Waals surface area contributed by atoms with E-state index >= 15 is 0 Å². The first kappa shape index (κ1) is 12.4. The van der Waals surface area contributed by atoms with Crippen LogP contribution in [0.2, 0.25) is 0 Å². The lowest BCUT2D eigenvalue weighted by Gasteiger charge is -2.19. The molecule has 0 spiro atoms. The minimum absolute atomic E-state index is 0.115. The van der Waals surface area contributed by atoms with Gasteiger partial charge >= 0.3 is 0 Å². The summed E-state index contributed by atoms with van der Waals surface area (Å²) < 4.78 is 0. The highest BCUT2D eigenvalue weighted by atomic mass is 16.2. The van der Waals surface area contributed by atoms with E-state index in [4.69, 9.17) is 0 Å². The van der Waals surface area contributed by atoms with E-state index in [1.54, 1.807) is 31.2 Å². The number of carbonyl (C=O) groups is 2. The summed E-state index contributed by atoms with van der Waals surface area (Å²) in [4.78, 5) is 25.0. The standard InChI is InChI=1S/C13H17NO2/c1-3-10-14(12(15)4-2)13(16)11-8-6-5-7-9-11/h5-9H,3-4,10H2,1-2H3. The van der Waals surface area contributed by atoms with Gasteiger partial charge in [-0.15, -0.1) is 0 Å². The molecular formula is C13H17NO2. The Morgan fingerprint density at radius 1 is 1.12 bits per heavy atom. The number of carbonyl (C=O) groups excluding carboxylic acids is 2. The second-order valence-electron chi connectivity index (χ2n) is 3.57. The van der Waals surface area contributed by atoms with Gasteiger partial charge in [-0.1, -0.05) is 32.0 Å². The van der Waals surface area contributed by atoms with Crippen molar-refractivity contribution in [2.24, 2.45) is 0 Å². The molecule has 1 aromatic rings. The largest absolute Gasteiger partial charge is 0.279 e. The zero-order valence-corrected chi connectivity index (χ0v) is 9.77. The molecule has 0 heterocycles. The van der Waals surface area contributed by atoms with Gasteiger partial charge in [0.25, 0.3) is 5.91 Å². The summed E-state index contributed by atoms with van der Waals surface area (Å²) in [6, 6.07) is 8.91. The minimum atomic E-state index is -0.200. The Morgan fingerprint density at radius 2 is 1.75 bits per heavy atom. The second kappa shape index (κ2) is 6.05. The van der Waals surface area contributed by atoms with Gasteiger partial charge in [0.05, 0.1) is 0 Å². The third-order valence-electron chi connectivity index (χ3n) is 2.32. The monoisotopic (exact) mass is 219 g/mol. The summed E-state index contributed by atoms with van der Waals surface area (Å²) >= 11 is 0. The molecule has 0 aliphatic heterocycles. The van der Waals surface area contributed by atoms with E-state index in [2.05, 4.69) is 0 Å². The lowest BCUT2D eigenvalue weighted by molar-refractivity contribution is -0.128. The lowest BCUT2D eigenvalue weighted by Crippen LogP contribution is -2.37. The molecule has 3 nitrogen and oxygen atoms in total. The minimum Gasteiger partial charge on any atom is -0.279 e. The molecule has 0 saturated carbocycles. The number of hydrogen-bond acceptors (Lipinski definition) is 2. The molecule has 0 bridgehead atoms. The Hall–Kier alpha value is -1.64. The van der Waals surface area contributed by atoms with Crippen LogP contribution in [0.5, 0.6) is 0 Å². The Bertz CT molecular complexity index is 359. The SMILES string of the molecule is CCCN(C(=O)CC)C(=O)c1ccccc1. The van der Waals surface area contributed by atoms with Gasteiger partial charge < -0.3 is 0 Å². The molecule has 0 unspecified atom stereocenters. The van der Waals surface area contributed by atoms with Crippen molar-refractivity contribution in [1.82, 2.24) is 4.90 Å². The van der Waals surface area contributed by atoms with E-state index in [-0.39, 0.29) is 11.8 Å². The molecule has 0 aliphatic rings. The Labute approximate surface area is 96.1 Å². The first-order valence-corrected chi connectivity index (χ1v) is 5.60. The first-order valence-electron chi connectivity index (χ1n) is 5.60. The van der Waals surface area contributed by atoms with Crippen LogP contribution in [0, 0.1) is 0 Å². The van der Waals surface area contributed by atoms with Crippen molar-refractivity contribution in [3.8, 4) is 0 Å². The van der Waals surface area contributed by atoms with E-state index in [9.17, 15) is 9.59 Å². The Kier molecular flexibility index (Phi) is 4.70. The number of amides is 2. The van der Waals surface area contributed by atoms with Crippen molar-refractivity contribution in [2.45, 2.75) is 26.7 Å². The number of nitrogens with zero attached hydrogens (tertiary/aromatic N) is 1. The van der Waals surface area contributed by atoms with Crippen molar-refractivity contribution in [1.29, 1.82) is 0 Å². The Balaban J connectivity index is 2.87. The molecule has 0 aromatic heterocycles.